The molecule has 7 heteroatoms. The molecule has 1 N–H and O–H groups in total. The third kappa shape index (κ3) is 5.19. The predicted molar refractivity (Wildman–Crippen MR) is 103 cm³/mol. The van der Waals surface area contributed by atoms with Gasteiger partial charge in [-0.2, -0.15) is 8.78 Å². The Morgan fingerprint density at radius 3 is 2.50 bits per heavy atom. The number of nitrogens with one attached hydrogen (secondary N) is 1. The van der Waals surface area contributed by atoms with Gasteiger partial charge in [0.25, 0.3) is 5.91 Å². The van der Waals surface area contributed by atoms with Crippen LogP contribution in [0.1, 0.15) is 28.8 Å². The van der Waals surface area contributed by atoms with Gasteiger partial charge in [0.05, 0.1) is 12.7 Å². The average Bonchev–Trinajstić information content (AvgIpc) is 3.21. The number of carbonyl (C=O) groups is 1. The van der Waals surface area contributed by atoms with E-state index in [1.807, 2.05) is 24.3 Å². The molecule has 0 bridgehead atoms. The highest BCUT2D eigenvalue weighted by Gasteiger charge is 2.20. The molecule has 150 valence electrons. The second-order valence-corrected chi connectivity index (χ2v) is 6.67. The topological polar surface area (TPSA) is 50.8 Å². The van der Waals surface area contributed by atoms with E-state index in [0.717, 1.165) is 26.1 Å². The van der Waals surface area contributed by atoms with Crippen LogP contribution in [0.3, 0.4) is 0 Å². The number of benzene rings is 2. The number of hydrogen-bond donors (Lipinski definition) is 1. The van der Waals surface area contributed by atoms with Crippen molar-refractivity contribution in [3.05, 3.63) is 53.6 Å². The molecule has 1 aliphatic rings. The molecule has 0 unspecified atom stereocenters. The zero-order valence-corrected chi connectivity index (χ0v) is 15.8. The van der Waals surface area contributed by atoms with Gasteiger partial charge in [0, 0.05) is 12.2 Å². The Bertz CT molecular complexity index is 791. The first-order valence-corrected chi connectivity index (χ1v) is 9.31. The summed E-state index contributed by atoms with van der Waals surface area (Å²) in [6.45, 7) is 0.303. The van der Waals surface area contributed by atoms with Crippen LogP contribution >= 0.6 is 0 Å². The lowest BCUT2D eigenvalue weighted by Crippen LogP contribution is -2.21. The Hall–Kier alpha value is -2.67. The van der Waals surface area contributed by atoms with Crippen molar-refractivity contribution >= 4 is 11.6 Å². The summed E-state index contributed by atoms with van der Waals surface area (Å²) in [6, 6.07) is 12.0. The third-order valence-electron chi connectivity index (χ3n) is 4.78. The van der Waals surface area contributed by atoms with Crippen molar-refractivity contribution in [3.8, 4) is 11.5 Å². The van der Waals surface area contributed by atoms with E-state index in [0.29, 0.717) is 5.69 Å². The molecule has 1 amide bonds. The number of methoxy groups -OCH3 is 1. The highest BCUT2D eigenvalue weighted by atomic mass is 19.3. The molecule has 5 nitrogen and oxygen atoms in total. The molecular formula is C21H24F2N2O3. The Kier molecular flexibility index (Phi) is 6.81. The molecule has 1 saturated heterocycles. The molecule has 0 radical (unpaired) electrons. The summed E-state index contributed by atoms with van der Waals surface area (Å²) in [6.07, 6.45) is 3.50. The maximum absolute atomic E-state index is 12.7. The first-order valence-electron chi connectivity index (χ1n) is 9.31. The summed E-state index contributed by atoms with van der Waals surface area (Å²) in [4.78, 5) is 15.0. The van der Waals surface area contributed by atoms with Crippen molar-refractivity contribution in [1.29, 1.82) is 0 Å². The van der Waals surface area contributed by atoms with Crippen molar-refractivity contribution in [2.45, 2.75) is 25.9 Å². The van der Waals surface area contributed by atoms with Crippen molar-refractivity contribution in [2.75, 3.05) is 32.1 Å². The van der Waals surface area contributed by atoms with E-state index in [9.17, 15) is 13.6 Å². The predicted octanol–water partition coefficient (Wildman–Crippen LogP) is 4.19. The summed E-state index contributed by atoms with van der Waals surface area (Å²) in [5.41, 5.74) is 1.76. The van der Waals surface area contributed by atoms with Gasteiger partial charge in [-0.25, -0.2) is 0 Å². The lowest BCUT2D eigenvalue weighted by molar-refractivity contribution is -0.0515. The van der Waals surface area contributed by atoms with E-state index < -0.39 is 12.5 Å². The lowest BCUT2D eigenvalue weighted by Gasteiger charge is -2.15. The standard InChI is InChI=1S/C21H24F2N2O3/c1-27-18-6-4-5-17(19(18)28-21(22)23)20(26)24-16-9-7-15(8-10-16)11-14-25-12-2-3-13-25/h4-10,21H,2-3,11-14H2,1H3,(H,24,26). The SMILES string of the molecule is COc1cccc(C(=O)Nc2ccc(CCN3CCCC3)cc2)c1OC(F)F. The van der Waals surface area contributed by atoms with Gasteiger partial charge in [-0.05, 0) is 62.2 Å². The summed E-state index contributed by atoms with van der Waals surface area (Å²) in [5, 5.41) is 2.72. The van der Waals surface area contributed by atoms with Gasteiger partial charge in [0.1, 0.15) is 0 Å². The van der Waals surface area contributed by atoms with Crippen LogP contribution in [0.4, 0.5) is 14.5 Å². The quantitative estimate of drug-likeness (QED) is 0.734. The number of carbonyl (C=O) groups excluding carboxylic acids is 1. The van der Waals surface area contributed by atoms with Crippen molar-refractivity contribution in [2.24, 2.45) is 0 Å². The van der Waals surface area contributed by atoms with Gasteiger partial charge in [-0.1, -0.05) is 18.2 Å². The zero-order valence-electron chi connectivity index (χ0n) is 15.8. The van der Waals surface area contributed by atoms with Crippen LogP contribution in [0.25, 0.3) is 0 Å². The van der Waals surface area contributed by atoms with Crippen molar-refractivity contribution < 1.29 is 23.0 Å². The van der Waals surface area contributed by atoms with Crippen LogP contribution < -0.4 is 14.8 Å². The Morgan fingerprint density at radius 2 is 1.86 bits per heavy atom. The molecule has 0 aromatic heterocycles. The van der Waals surface area contributed by atoms with Crippen LogP contribution in [0.15, 0.2) is 42.5 Å². The molecule has 3 rings (SSSR count). The average molecular weight is 390 g/mol. The Labute approximate surface area is 163 Å². The van der Waals surface area contributed by atoms with Gasteiger partial charge >= 0.3 is 6.61 Å². The van der Waals surface area contributed by atoms with E-state index in [4.69, 9.17) is 4.74 Å². The summed E-state index contributed by atoms with van der Waals surface area (Å²) in [7, 11) is 1.33. The lowest BCUT2D eigenvalue weighted by atomic mass is 10.1. The molecular weight excluding hydrogens is 366 g/mol. The van der Waals surface area contributed by atoms with Gasteiger partial charge in [0.15, 0.2) is 11.5 Å². The number of nitrogens with zero attached hydrogens (tertiary/aromatic N) is 1. The van der Waals surface area contributed by atoms with Gasteiger partial charge in [-0.15, -0.1) is 0 Å². The van der Waals surface area contributed by atoms with Gasteiger partial charge in [0.2, 0.25) is 0 Å². The third-order valence-corrected chi connectivity index (χ3v) is 4.78. The number of likely N-dealkylation sites (tertiary alicyclic amines) is 1. The molecule has 1 heterocycles. The van der Waals surface area contributed by atoms with Crippen molar-refractivity contribution in [3.63, 3.8) is 0 Å². The van der Waals surface area contributed by atoms with Gasteiger partial charge < -0.3 is 19.7 Å². The first kappa shape index (κ1) is 20.1. The van der Waals surface area contributed by atoms with Crippen molar-refractivity contribution in [1.82, 2.24) is 4.90 Å². The zero-order chi connectivity index (χ0) is 19.9. The van der Waals surface area contributed by atoms with Crippen LogP contribution in [-0.2, 0) is 6.42 Å². The fourth-order valence-corrected chi connectivity index (χ4v) is 3.31. The number of amides is 1. The summed E-state index contributed by atoms with van der Waals surface area (Å²) in [5.74, 6) is -0.746. The minimum absolute atomic E-state index is 0.0160. The van der Waals surface area contributed by atoms with Crippen LogP contribution in [0, 0.1) is 0 Å². The van der Waals surface area contributed by atoms with Gasteiger partial charge in [-0.3, -0.25) is 4.79 Å². The highest BCUT2D eigenvalue weighted by molar-refractivity contribution is 6.06. The summed E-state index contributed by atoms with van der Waals surface area (Å²) < 4.78 is 35.0. The van der Waals surface area contributed by atoms with E-state index in [2.05, 4.69) is 15.0 Å². The minimum Gasteiger partial charge on any atom is -0.493 e. The number of anilines is 1. The molecule has 0 saturated carbocycles. The number of ether oxygens (including phenoxy) is 2. The Morgan fingerprint density at radius 1 is 1.14 bits per heavy atom. The number of rotatable bonds is 8. The summed E-state index contributed by atoms with van der Waals surface area (Å²) >= 11 is 0. The number of hydrogen-bond acceptors (Lipinski definition) is 4. The first-order chi connectivity index (χ1) is 13.6. The fraction of sp³-hybridized carbons (Fsp3) is 0.381. The van der Waals surface area contributed by atoms with E-state index in [1.54, 1.807) is 6.07 Å². The fourth-order valence-electron chi connectivity index (χ4n) is 3.31. The minimum atomic E-state index is -3.06. The number of halogens is 2. The maximum Gasteiger partial charge on any atom is 0.387 e. The second kappa shape index (κ2) is 9.50. The molecule has 0 aliphatic carbocycles. The molecule has 0 atom stereocenters. The van der Waals surface area contributed by atoms with Crippen LogP contribution in [0.5, 0.6) is 11.5 Å². The molecule has 2 aromatic rings. The van der Waals surface area contributed by atoms with E-state index in [-0.39, 0.29) is 17.1 Å². The van der Waals surface area contributed by atoms with E-state index in [1.165, 1.54) is 37.6 Å². The maximum atomic E-state index is 12.7. The second-order valence-electron chi connectivity index (χ2n) is 6.67. The number of para-hydroxylation sites is 1. The molecule has 2 aromatic carbocycles. The molecule has 1 aliphatic heterocycles. The largest absolute Gasteiger partial charge is 0.493 e. The van der Waals surface area contributed by atoms with Crippen LogP contribution in [0.2, 0.25) is 0 Å². The molecule has 0 spiro atoms. The molecule has 1 fully saturated rings. The normalized spacial score (nSPS) is 14.3. The van der Waals surface area contributed by atoms with Crippen LogP contribution in [-0.4, -0.2) is 44.2 Å². The monoisotopic (exact) mass is 390 g/mol. The number of alkyl halides is 2. The smallest absolute Gasteiger partial charge is 0.387 e. The highest BCUT2D eigenvalue weighted by Crippen LogP contribution is 2.33. The van der Waals surface area contributed by atoms with E-state index >= 15 is 0 Å². The Balaban J connectivity index is 1.65. The molecule has 28 heavy (non-hydrogen) atoms.